The van der Waals surface area contributed by atoms with Gasteiger partial charge < -0.3 is 10.6 Å². The SMILES string of the molecule is O=C(NCC1CCCNC1)c1cccc(Cl)c1F. The zero-order valence-corrected chi connectivity index (χ0v) is 10.8. The lowest BCUT2D eigenvalue weighted by Gasteiger charge is -2.22. The molecule has 2 N–H and O–H groups in total. The van der Waals surface area contributed by atoms with Crippen molar-refractivity contribution in [3.63, 3.8) is 0 Å². The Morgan fingerprint density at radius 1 is 1.56 bits per heavy atom. The van der Waals surface area contributed by atoms with Gasteiger partial charge in [0.25, 0.3) is 5.91 Å². The van der Waals surface area contributed by atoms with Crippen LogP contribution in [0, 0.1) is 11.7 Å². The molecular formula is C13H16ClFN2O. The van der Waals surface area contributed by atoms with Gasteiger partial charge in [-0.1, -0.05) is 17.7 Å². The normalized spacial score (nSPS) is 19.6. The van der Waals surface area contributed by atoms with Gasteiger partial charge in [0.15, 0.2) is 5.82 Å². The van der Waals surface area contributed by atoms with Crippen LogP contribution in [-0.2, 0) is 0 Å². The van der Waals surface area contributed by atoms with Crippen molar-refractivity contribution in [2.24, 2.45) is 5.92 Å². The number of rotatable bonds is 3. The van der Waals surface area contributed by atoms with Crippen molar-refractivity contribution in [2.75, 3.05) is 19.6 Å². The summed E-state index contributed by atoms with van der Waals surface area (Å²) < 4.78 is 13.6. The molecule has 1 fully saturated rings. The zero-order chi connectivity index (χ0) is 13.0. The first-order chi connectivity index (χ1) is 8.68. The molecule has 0 radical (unpaired) electrons. The van der Waals surface area contributed by atoms with Crippen LogP contribution in [0.2, 0.25) is 5.02 Å². The minimum absolute atomic E-state index is 0.00580. The largest absolute Gasteiger partial charge is 0.352 e. The Bertz CT molecular complexity index is 433. The van der Waals surface area contributed by atoms with E-state index < -0.39 is 11.7 Å². The van der Waals surface area contributed by atoms with Crippen molar-refractivity contribution < 1.29 is 9.18 Å². The molecule has 1 aromatic rings. The van der Waals surface area contributed by atoms with Gasteiger partial charge in [0.05, 0.1) is 10.6 Å². The number of carbonyl (C=O) groups is 1. The molecular weight excluding hydrogens is 255 g/mol. The Morgan fingerprint density at radius 2 is 2.39 bits per heavy atom. The molecule has 0 bridgehead atoms. The summed E-state index contributed by atoms with van der Waals surface area (Å²) in [5, 5.41) is 6.01. The summed E-state index contributed by atoms with van der Waals surface area (Å²) in [5.74, 6) is -0.635. The van der Waals surface area contributed by atoms with E-state index in [1.807, 2.05) is 0 Å². The molecule has 2 rings (SSSR count). The van der Waals surface area contributed by atoms with E-state index in [1.54, 1.807) is 6.07 Å². The molecule has 18 heavy (non-hydrogen) atoms. The molecule has 1 aliphatic heterocycles. The number of hydrogen-bond acceptors (Lipinski definition) is 2. The fourth-order valence-electron chi connectivity index (χ4n) is 2.11. The molecule has 0 aromatic heterocycles. The predicted octanol–water partition coefficient (Wildman–Crippen LogP) is 2.21. The number of nitrogens with one attached hydrogen (secondary N) is 2. The third kappa shape index (κ3) is 3.21. The van der Waals surface area contributed by atoms with Gasteiger partial charge in [-0.3, -0.25) is 4.79 Å². The van der Waals surface area contributed by atoms with E-state index in [0.717, 1.165) is 25.9 Å². The third-order valence-electron chi connectivity index (χ3n) is 3.15. The maximum absolute atomic E-state index is 13.6. The van der Waals surface area contributed by atoms with Crippen LogP contribution in [0.15, 0.2) is 18.2 Å². The fraction of sp³-hybridized carbons (Fsp3) is 0.462. The second kappa shape index (κ2) is 6.16. The lowest BCUT2D eigenvalue weighted by molar-refractivity contribution is 0.0941. The van der Waals surface area contributed by atoms with Gasteiger partial charge in [-0.15, -0.1) is 0 Å². The van der Waals surface area contributed by atoms with Crippen LogP contribution in [0.5, 0.6) is 0 Å². The lowest BCUT2D eigenvalue weighted by atomic mass is 9.99. The van der Waals surface area contributed by atoms with Crippen molar-refractivity contribution in [3.05, 3.63) is 34.6 Å². The Labute approximate surface area is 111 Å². The summed E-state index contributed by atoms with van der Waals surface area (Å²) in [6.45, 7) is 2.50. The Hall–Kier alpha value is -1.13. The van der Waals surface area contributed by atoms with Crippen LogP contribution in [0.4, 0.5) is 4.39 Å². The summed E-state index contributed by atoms with van der Waals surface area (Å²) in [7, 11) is 0. The van der Waals surface area contributed by atoms with E-state index in [-0.39, 0.29) is 10.6 Å². The van der Waals surface area contributed by atoms with Gasteiger partial charge >= 0.3 is 0 Å². The topological polar surface area (TPSA) is 41.1 Å². The lowest BCUT2D eigenvalue weighted by Crippen LogP contribution is -2.38. The minimum atomic E-state index is -0.654. The maximum atomic E-state index is 13.6. The van der Waals surface area contributed by atoms with Gasteiger partial charge in [-0.05, 0) is 44.0 Å². The van der Waals surface area contributed by atoms with Crippen LogP contribution in [0.1, 0.15) is 23.2 Å². The van der Waals surface area contributed by atoms with Crippen LogP contribution in [0.3, 0.4) is 0 Å². The van der Waals surface area contributed by atoms with Crippen molar-refractivity contribution in [1.29, 1.82) is 0 Å². The maximum Gasteiger partial charge on any atom is 0.254 e. The van der Waals surface area contributed by atoms with Crippen LogP contribution in [-0.4, -0.2) is 25.5 Å². The molecule has 1 aromatic carbocycles. The summed E-state index contributed by atoms with van der Waals surface area (Å²) in [6.07, 6.45) is 2.21. The van der Waals surface area contributed by atoms with Crippen LogP contribution >= 0.6 is 11.6 Å². The Kier molecular flexibility index (Phi) is 4.55. The smallest absolute Gasteiger partial charge is 0.254 e. The molecule has 0 saturated carbocycles. The summed E-state index contributed by atoms with van der Waals surface area (Å²) >= 11 is 5.64. The Morgan fingerprint density at radius 3 is 3.11 bits per heavy atom. The van der Waals surface area contributed by atoms with Crippen molar-refractivity contribution in [1.82, 2.24) is 10.6 Å². The van der Waals surface area contributed by atoms with Gasteiger partial charge in [0.2, 0.25) is 0 Å². The third-order valence-corrected chi connectivity index (χ3v) is 3.44. The predicted molar refractivity (Wildman–Crippen MR) is 69.3 cm³/mol. The van der Waals surface area contributed by atoms with Gasteiger partial charge in [0, 0.05) is 6.54 Å². The summed E-state index contributed by atoms with van der Waals surface area (Å²) in [5.41, 5.74) is 0.00580. The van der Waals surface area contributed by atoms with Crippen molar-refractivity contribution >= 4 is 17.5 Å². The molecule has 98 valence electrons. The first-order valence-corrected chi connectivity index (χ1v) is 6.49. The first-order valence-electron chi connectivity index (χ1n) is 6.11. The summed E-state index contributed by atoms with van der Waals surface area (Å²) in [4.78, 5) is 11.8. The van der Waals surface area contributed by atoms with Gasteiger partial charge in [-0.2, -0.15) is 0 Å². The number of hydrogen-bond donors (Lipinski definition) is 2. The fourth-order valence-corrected chi connectivity index (χ4v) is 2.28. The van der Waals surface area contributed by atoms with Crippen molar-refractivity contribution in [3.8, 4) is 0 Å². The standard InChI is InChI=1S/C13H16ClFN2O/c14-11-5-1-4-10(12(11)15)13(18)17-8-9-3-2-6-16-7-9/h1,4-5,9,16H,2-3,6-8H2,(H,17,18). The number of piperidine rings is 1. The van der Waals surface area contributed by atoms with Gasteiger partial charge in [0.1, 0.15) is 0 Å². The van der Waals surface area contributed by atoms with Crippen molar-refractivity contribution in [2.45, 2.75) is 12.8 Å². The monoisotopic (exact) mass is 270 g/mol. The number of carbonyl (C=O) groups excluding carboxylic acids is 1. The number of benzene rings is 1. The molecule has 1 amide bonds. The van der Waals surface area contributed by atoms with E-state index in [0.29, 0.717) is 12.5 Å². The zero-order valence-electron chi connectivity index (χ0n) is 10.0. The van der Waals surface area contributed by atoms with E-state index in [2.05, 4.69) is 10.6 Å². The molecule has 1 saturated heterocycles. The first kappa shape index (κ1) is 13.3. The van der Waals surface area contributed by atoms with Gasteiger partial charge in [-0.25, -0.2) is 4.39 Å². The highest BCUT2D eigenvalue weighted by Gasteiger charge is 2.17. The van der Waals surface area contributed by atoms with Crippen LogP contribution < -0.4 is 10.6 Å². The molecule has 0 spiro atoms. The molecule has 1 atom stereocenters. The Balaban J connectivity index is 1.93. The quantitative estimate of drug-likeness (QED) is 0.884. The number of halogens is 2. The second-order valence-corrected chi connectivity index (χ2v) is 4.93. The second-order valence-electron chi connectivity index (χ2n) is 4.52. The highest BCUT2D eigenvalue weighted by molar-refractivity contribution is 6.31. The van der Waals surface area contributed by atoms with E-state index in [4.69, 9.17) is 11.6 Å². The molecule has 3 nitrogen and oxygen atoms in total. The average molecular weight is 271 g/mol. The van der Waals surface area contributed by atoms with E-state index in [1.165, 1.54) is 12.1 Å². The van der Waals surface area contributed by atoms with Crippen LogP contribution in [0.25, 0.3) is 0 Å². The molecule has 0 aliphatic carbocycles. The highest BCUT2D eigenvalue weighted by Crippen LogP contribution is 2.18. The molecule has 1 heterocycles. The van der Waals surface area contributed by atoms with E-state index >= 15 is 0 Å². The summed E-state index contributed by atoms with van der Waals surface area (Å²) in [6, 6.07) is 4.44. The minimum Gasteiger partial charge on any atom is -0.352 e. The molecule has 1 unspecified atom stereocenters. The molecule has 1 aliphatic rings. The highest BCUT2D eigenvalue weighted by atomic mass is 35.5. The number of amides is 1. The molecule has 5 heteroatoms. The van der Waals surface area contributed by atoms with E-state index in [9.17, 15) is 9.18 Å². The average Bonchev–Trinajstić information content (AvgIpc) is 2.40.